The number of benzene rings is 1. The minimum absolute atomic E-state index is 0.0973. The van der Waals surface area contributed by atoms with Crippen molar-refractivity contribution in [2.75, 3.05) is 12.0 Å². The molecular weight excluding hydrogens is 334 g/mol. The molecule has 1 heterocycles. The summed E-state index contributed by atoms with van der Waals surface area (Å²) in [5.74, 6) is 5.28. The van der Waals surface area contributed by atoms with Crippen LogP contribution in [0.4, 0.5) is 5.13 Å². The third-order valence-electron chi connectivity index (χ3n) is 2.82. The molecule has 114 valence electrons. The zero-order valence-electron chi connectivity index (χ0n) is 11.1. The van der Waals surface area contributed by atoms with Crippen molar-refractivity contribution in [1.82, 2.24) is 4.98 Å². The van der Waals surface area contributed by atoms with Gasteiger partial charge in [0.1, 0.15) is 0 Å². The van der Waals surface area contributed by atoms with Gasteiger partial charge in [-0.2, -0.15) is 0 Å². The first-order chi connectivity index (χ1) is 9.90. The molecule has 0 unspecified atom stereocenters. The summed E-state index contributed by atoms with van der Waals surface area (Å²) in [6, 6.07) is 4.65. The van der Waals surface area contributed by atoms with Crippen molar-refractivity contribution < 1.29 is 13.5 Å². The molecule has 2 rings (SSSR count). The van der Waals surface area contributed by atoms with Crippen LogP contribution in [0.2, 0.25) is 5.02 Å². The summed E-state index contributed by atoms with van der Waals surface area (Å²) in [7, 11) is -3.83. The van der Waals surface area contributed by atoms with Gasteiger partial charge < -0.3 is 5.11 Å². The Labute approximate surface area is 131 Å². The molecule has 1 aromatic carbocycles. The number of hydrogen-bond acceptors (Lipinski definition) is 7. The fourth-order valence-electron chi connectivity index (χ4n) is 1.84. The summed E-state index contributed by atoms with van der Waals surface area (Å²) >= 11 is 6.99. The highest BCUT2D eigenvalue weighted by Crippen LogP contribution is 2.32. The van der Waals surface area contributed by atoms with Crippen molar-refractivity contribution in [2.45, 2.75) is 23.3 Å². The topological polar surface area (TPSA) is 105 Å². The van der Waals surface area contributed by atoms with Crippen LogP contribution >= 0.6 is 22.9 Å². The lowest BCUT2D eigenvalue weighted by Gasteiger charge is -2.07. The molecule has 0 saturated carbocycles. The minimum atomic E-state index is -3.83. The number of aliphatic hydroxyl groups is 1. The van der Waals surface area contributed by atoms with E-state index >= 15 is 0 Å². The molecule has 0 aliphatic rings. The number of hydrogen-bond donors (Lipinski definition) is 3. The Balaban J connectivity index is 2.63. The lowest BCUT2D eigenvalue weighted by molar-refractivity contribution is 0.299. The van der Waals surface area contributed by atoms with Crippen molar-refractivity contribution in [3.63, 3.8) is 0 Å². The van der Waals surface area contributed by atoms with E-state index in [2.05, 4.69) is 10.4 Å². The van der Waals surface area contributed by atoms with Gasteiger partial charge in [0.25, 0.3) is 0 Å². The quantitative estimate of drug-likeness (QED) is 0.562. The van der Waals surface area contributed by atoms with Gasteiger partial charge in [-0.15, -0.1) is 0 Å². The number of thiazole rings is 1. The van der Waals surface area contributed by atoms with E-state index in [4.69, 9.17) is 22.6 Å². The van der Waals surface area contributed by atoms with Gasteiger partial charge in [0.2, 0.25) is 9.84 Å². The predicted octanol–water partition coefficient (Wildman–Crippen LogP) is 1.76. The molecule has 0 amide bonds. The van der Waals surface area contributed by atoms with Crippen LogP contribution in [0.15, 0.2) is 28.1 Å². The van der Waals surface area contributed by atoms with Crippen LogP contribution in [0.3, 0.4) is 0 Å². The van der Waals surface area contributed by atoms with E-state index in [1.807, 2.05) is 0 Å². The Kier molecular flexibility index (Phi) is 4.84. The largest absolute Gasteiger partial charge is 0.396 e. The number of aliphatic hydroxyl groups excluding tert-OH is 1. The Morgan fingerprint density at radius 3 is 2.81 bits per heavy atom. The molecule has 1 aromatic heterocycles. The van der Waals surface area contributed by atoms with Crippen LogP contribution in [0.5, 0.6) is 0 Å². The van der Waals surface area contributed by atoms with Crippen LogP contribution in [-0.4, -0.2) is 25.1 Å². The molecule has 0 bridgehead atoms. The number of nitrogens with zero attached hydrogens (tertiary/aromatic N) is 1. The lowest BCUT2D eigenvalue weighted by Crippen LogP contribution is -2.09. The number of anilines is 1. The number of aryl methyl sites for hydroxylation is 1. The van der Waals surface area contributed by atoms with E-state index in [1.54, 1.807) is 19.1 Å². The van der Waals surface area contributed by atoms with E-state index in [9.17, 15) is 8.42 Å². The van der Waals surface area contributed by atoms with Crippen molar-refractivity contribution in [1.29, 1.82) is 0 Å². The summed E-state index contributed by atoms with van der Waals surface area (Å²) in [6.07, 6.45) is 0.188. The maximum absolute atomic E-state index is 12.8. The number of hydrazine groups is 1. The van der Waals surface area contributed by atoms with Crippen molar-refractivity contribution in [3.05, 3.63) is 33.7 Å². The van der Waals surface area contributed by atoms with E-state index in [-0.39, 0.29) is 28.1 Å². The van der Waals surface area contributed by atoms with Crippen molar-refractivity contribution >= 4 is 37.9 Å². The highest BCUT2D eigenvalue weighted by Gasteiger charge is 2.27. The molecule has 0 spiro atoms. The molecule has 6 nitrogen and oxygen atoms in total. The van der Waals surface area contributed by atoms with E-state index in [0.29, 0.717) is 15.5 Å². The summed E-state index contributed by atoms with van der Waals surface area (Å²) in [5, 5.41) is 9.58. The average Bonchev–Trinajstić information content (AvgIpc) is 2.86. The summed E-state index contributed by atoms with van der Waals surface area (Å²) in [5.41, 5.74) is 2.90. The number of nitrogen functional groups attached to an aromatic ring is 1. The number of nitrogens with two attached hydrogens (primary N) is 1. The molecule has 21 heavy (non-hydrogen) atoms. The van der Waals surface area contributed by atoms with Crippen LogP contribution < -0.4 is 11.3 Å². The smallest absolute Gasteiger partial charge is 0.225 e. The molecule has 0 aliphatic carbocycles. The standard InChI is InChI=1S/C12H14ClN3O3S2/c1-7-2-3-8(13)6-10(7)21(18,19)11-9(4-5-17)20-12(15-11)16-14/h2-3,6,17H,4-5,14H2,1H3,(H,15,16). The minimum Gasteiger partial charge on any atom is -0.396 e. The summed E-state index contributed by atoms with van der Waals surface area (Å²) in [6.45, 7) is 1.51. The Hall–Kier alpha value is -1.19. The third-order valence-corrected chi connectivity index (χ3v) is 6.09. The maximum Gasteiger partial charge on any atom is 0.225 e. The second-order valence-corrected chi connectivity index (χ2v) is 7.63. The molecule has 0 radical (unpaired) electrons. The van der Waals surface area contributed by atoms with Crippen molar-refractivity contribution in [3.8, 4) is 0 Å². The fourth-order valence-corrected chi connectivity index (χ4v) is 4.94. The van der Waals surface area contributed by atoms with E-state index in [1.165, 1.54) is 6.07 Å². The van der Waals surface area contributed by atoms with Crippen molar-refractivity contribution in [2.24, 2.45) is 5.84 Å². The average molecular weight is 348 g/mol. The Morgan fingerprint density at radius 1 is 1.48 bits per heavy atom. The van der Waals surface area contributed by atoms with Gasteiger partial charge in [-0.25, -0.2) is 19.2 Å². The van der Waals surface area contributed by atoms with E-state index in [0.717, 1.165) is 11.3 Å². The molecular formula is C12H14ClN3O3S2. The zero-order valence-corrected chi connectivity index (χ0v) is 13.5. The molecule has 0 atom stereocenters. The zero-order chi connectivity index (χ0) is 15.6. The first-order valence-electron chi connectivity index (χ1n) is 5.98. The lowest BCUT2D eigenvalue weighted by atomic mass is 10.2. The number of aromatic nitrogens is 1. The number of rotatable bonds is 5. The van der Waals surface area contributed by atoms with Gasteiger partial charge >= 0.3 is 0 Å². The van der Waals surface area contributed by atoms with Crippen LogP contribution in [-0.2, 0) is 16.3 Å². The van der Waals surface area contributed by atoms with E-state index < -0.39 is 9.84 Å². The number of nitrogens with one attached hydrogen (secondary N) is 1. The van der Waals surface area contributed by atoms with Gasteiger partial charge in [0, 0.05) is 22.9 Å². The van der Waals surface area contributed by atoms with Gasteiger partial charge in [-0.3, -0.25) is 5.43 Å². The molecule has 0 fully saturated rings. The van der Waals surface area contributed by atoms with Crippen LogP contribution in [0.1, 0.15) is 10.4 Å². The van der Waals surface area contributed by atoms with Gasteiger partial charge in [-0.05, 0) is 24.6 Å². The van der Waals surface area contributed by atoms with Gasteiger partial charge in [0.15, 0.2) is 10.2 Å². The maximum atomic E-state index is 12.8. The SMILES string of the molecule is Cc1ccc(Cl)cc1S(=O)(=O)c1nc(NN)sc1CCO. The molecule has 0 saturated heterocycles. The number of halogens is 1. The Bertz CT molecular complexity index is 759. The highest BCUT2D eigenvalue weighted by atomic mass is 35.5. The second kappa shape index (κ2) is 6.29. The predicted molar refractivity (Wildman–Crippen MR) is 82.4 cm³/mol. The molecule has 4 N–H and O–H groups in total. The monoisotopic (exact) mass is 347 g/mol. The van der Waals surface area contributed by atoms with Gasteiger partial charge in [0.05, 0.1) is 4.90 Å². The van der Waals surface area contributed by atoms with Crippen LogP contribution in [0.25, 0.3) is 0 Å². The van der Waals surface area contributed by atoms with Gasteiger partial charge in [-0.1, -0.05) is 29.0 Å². The first kappa shape index (κ1) is 16.2. The fraction of sp³-hybridized carbons (Fsp3) is 0.250. The summed E-state index contributed by atoms with van der Waals surface area (Å²) in [4.78, 5) is 4.56. The van der Waals surface area contributed by atoms with Crippen LogP contribution in [0, 0.1) is 6.92 Å². The summed E-state index contributed by atoms with van der Waals surface area (Å²) < 4.78 is 25.5. The Morgan fingerprint density at radius 2 is 2.19 bits per heavy atom. The molecule has 2 aromatic rings. The highest BCUT2D eigenvalue weighted by molar-refractivity contribution is 7.91. The molecule has 9 heteroatoms. The molecule has 0 aliphatic heterocycles. The second-order valence-electron chi connectivity index (χ2n) is 4.28. The third kappa shape index (κ3) is 3.19. The first-order valence-corrected chi connectivity index (χ1v) is 8.66. The normalized spacial score (nSPS) is 11.6. The number of sulfone groups is 1.